The van der Waals surface area contributed by atoms with Crippen molar-refractivity contribution in [2.75, 3.05) is 24.4 Å². The SMILES string of the molecule is CN(S)c1cc2oc(-c3ccc(F)cc3)c(C(N)=O)c2cc1[C@H]1CCCN(C(=O)c2nc3ccccc3[nH]2)C1. The van der Waals surface area contributed by atoms with E-state index in [-0.39, 0.29) is 23.1 Å². The molecular weight excluding hydrogens is 517 g/mol. The van der Waals surface area contributed by atoms with Gasteiger partial charge in [-0.15, -0.1) is 0 Å². The van der Waals surface area contributed by atoms with Gasteiger partial charge in [0, 0.05) is 43.1 Å². The first kappa shape index (κ1) is 25.0. The van der Waals surface area contributed by atoms with E-state index in [1.54, 1.807) is 16.4 Å². The maximum absolute atomic E-state index is 13.5. The molecule has 0 aliphatic carbocycles. The Balaban J connectivity index is 1.40. The number of hydrogen-bond acceptors (Lipinski definition) is 6. The Labute approximate surface area is 229 Å². The summed E-state index contributed by atoms with van der Waals surface area (Å²) in [6, 6.07) is 17.0. The van der Waals surface area contributed by atoms with Crippen molar-refractivity contribution in [1.82, 2.24) is 14.9 Å². The summed E-state index contributed by atoms with van der Waals surface area (Å²) >= 11 is 4.57. The van der Waals surface area contributed by atoms with Crippen LogP contribution in [0.1, 0.15) is 45.3 Å². The fourth-order valence-corrected chi connectivity index (χ4v) is 5.60. The number of rotatable bonds is 5. The lowest BCUT2D eigenvalue weighted by molar-refractivity contribution is 0.0696. The first-order valence-electron chi connectivity index (χ1n) is 12.6. The molecule has 0 spiro atoms. The molecule has 39 heavy (non-hydrogen) atoms. The van der Waals surface area contributed by atoms with Gasteiger partial charge in [0.25, 0.3) is 11.8 Å². The highest BCUT2D eigenvalue weighted by Crippen LogP contribution is 2.41. The molecule has 5 aromatic rings. The lowest BCUT2D eigenvalue weighted by Crippen LogP contribution is -2.39. The molecule has 8 nitrogen and oxygen atoms in total. The number of hydrogen-bond donors (Lipinski definition) is 3. The molecule has 1 saturated heterocycles. The number of nitrogens with two attached hydrogens (primary N) is 1. The molecule has 1 aliphatic heterocycles. The number of nitrogens with zero attached hydrogens (tertiary/aromatic N) is 3. The molecule has 1 atom stereocenters. The van der Waals surface area contributed by atoms with Crippen LogP contribution in [0.2, 0.25) is 0 Å². The number of fused-ring (bicyclic) bond motifs is 2. The van der Waals surface area contributed by atoms with Crippen molar-refractivity contribution in [2.45, 2.75) is 18.8 Å². The zero-order valence-electron chi connectivity index (χ0n) is 21.1. The molecule has 3 N–H and O–H groups in total. The Kier molecular flexibility index (Phi) is 6.26. The van der Waals surface area contributed by atoms with Crippen molar-refractivity contribution in [2.24, 2.45) is 5.73 Å². The Bertz CT molecular complexity index is 1690. The molecule has 1 fully saturated rings. The molecule has 198 valence electrons. The minimum absolute atomic E-state index is 0.0222. The first-order valence-corrected chi connectivity index (χ1v) is 13.0. The van der Waals surface area contributed by atoms with Crippen molar-refractivity contribution in [3.05, 3.63) is 83.4 Å². The second-order valence-electron chi connectivity index (χ2n) is 9.80. The molecule has 1 aliphatic rings. The van der Waals surface area contributed by atoms with E-state index in [1.165, 1.54) is 12.1 Å². The third-order valence-corrected chi connectivity index (χ3v) is 7.49. The van der Waals surface area contributed by atoms with Crippen LogP contribution in [-0.4, -0.2) is 46.8 Å². The smallest absolute Gasteiger partial charge is 0.289 e. The number of amides is 2. The van der Waals surface area contributed by atoms with Gasteiger partial charge in [0.15, 0.2) is 5.82 Å². The predicted molar refractivity (Wildman–Crippen MR) is 151 cm³/mol. The summed E-state index contributed by atoms with van der Waals surface area (Å²) in [6.07, 6.45) is 1.65. The average Bonchev–Trinajstić information content (AvgIpc) is 3.54. The number of primary amides is 1. The standard InChI is InChI=1S/C29H26FN5O3S/c1-34(39)23-14-24-20(25(27(31)36)26(38-24)16-8-10-18(30)11-9-16)13-19(23)17-5-4-12-35(15-17)29(37)28-32-21-6-2-3-7-22(21)33-28/h2-3,6-11,13-14,17,39H,4-5,12,15H2,1H3,(H2,31,36)(H,32,33)/t17-/m0/s1. The van der Waals surface area contributed by atoms with E-state index in [0.29, 0.717) is 35.4 Å². The number of thiol groups is 1. The van der Waals surface area contributed by atoms with Gasteiger partial charge in [0.1, 0.15) is 17.2 Å². The second-order valence-corrected chi connectivity index (χ2v) is 10.4. The Morgan fingerprint density at radius 3 is 2.67 bits per heavy atom. The van der Waals surface area contributed by atoms with E-state index in [4.69, 9.17) is 10.2 Å². The maximum atomic E-state index is 13.5. The molecule has 2 amide bonds. The summed E-state index contributed by atoms with van der Waals surface area (Å²) in [4.78, 5) is 35.5. The average molecular weight is 544 g/mol. The topological polar surface area (TPSA) is 108 Å². The van der Waals surface area contributed by atoms with E-state index >= 15 is 0 Å². The fourth-order valence-electron chi connectivity index (χ4n) is 5.42. The largest absolute Gasteiger partial charge is 0.455 e. The molecule has 3 aromatic carbocycles. The summed E-state index contributed by atoms with van der Waals surface area (Å²) < 4.78 is 21.3. The summed E-state index contributed by atoms with van der Waals surface area (Å²) in [6.45, 7) is 1.10. The Morgan fingerprint density at radius 2 is 1.95 bits per heavy atom. The van der Waals surface area contributed by atoms with Crippen molar-refractivity contribution in [3.63, 3.8) is 0 Å². The van der Waals surface area contributed by atoms with Gasteiger partial charge in [-0.1, -0.05) is 24.9 Å². The monoisotopic (exact) mass is 543 g/mol. The number of furan rings is 1. The van der Waals surface area contributed by atoms with Gasteiger partial charge in [-0.2, -0.15) is 0 Å². The van der Waals surface area contributed by atoms with Gasteiger partial charge < -0.3 is 24.3 Å². The summed E-state index contributed by atoms with van der Waals surface area (Å²) in [7, 11) is 1.81. The molecule has 0 radical (unpaired) electrons. The third-order valence-electron chi connectivity index (χ3n) is 7.28. The summed E-state index contributed by atoms with van der Waals surface area (Å²) in [5.41, 5.74) is 10.3. The number of nitrogens with one attached hydrogen (secondary N) is 1. The van der Waals surface area contributed by atoms with Gasteiger partial charge in [0.2, 0.25) is 0 Å². The minimum atomic E-state index is -0.642. The third kappa shape index (κ3) is 4.50. The number of benzene rings is 3. The fraction of sp³-hybridized carbons (Fsp3) is 0.207. The van der Waals surface area contributed by atoms with Crippen LogP contribution in [0, 0.1) is 5.82 Å². The highest BCUT2D eigenvalue weighted by Gasteiger charge is 2.31. The predicted octanol–water partition coefficient (Wildman–Crippen LogP) is 5.51. The number of aromatic nitrogens is 2. The number of halogens is 1. The van der Waals surface area contributed by atoms with Crippen molar-refractivity contribution < 1.29 is 18.4 Å². The van der Waals surface area contributed by atoms with Crippen molar-refractivity contribution in [1.29, 1.82) is 0 Å². The van der Waals surface area contributed by atoms with Crippen LogP contribution < -0.4 is 10.0 Å². The molecular formula is C29H26FN5O3S. The molecule has 10 heteroatoms. The summed E-state index contributed by atoms with van der Waals surface area (Å²) in [5, 5.41) is 0.566. The van der Waals surface area contributed by atoms with E-state index in [2.05, 4.69) is 22.8 Å². The lowest BCUT2D eigenvalue weighted by atomic mass is 9.88. The van der Waals surface area contributed by atoms with Gasteiger partial charge in [0.05, 0.1) is 22.3 Å². The molecule has 6 rings (SSSR count). The number of carbonyl (C=O) groups is 2. The Morgan fingerprint density at radius 1 is 1.18 bits per heavy atom. The number of carbonyl (C=O) groups excluding carboxylic acids is 2. The van der Waals surface area contributed by atoms with Crippen LogP contribution in [-0.2, 0) is 0 Å². The number of anilines is 1. The van der Waals surface area contributed by atoms with Gasteiger partial charge in [-0.05, 0) is 60.9 Å². The van der Waals surface area contributed by atoms with Crippen LogP contribution in [0.25, 0.3) is 33.3 Å². The first-order chi connectivity index (χ1) is 18.8. The molecule has 0 unspecified atom stereocenters. The van der Waals surface area contributed by atoms with Crippen molar-refractivity contribution >= 4 is 52.3 Å². The highest BCUT2D eigenvalue weighted by molar-refractivity contribution is 7.81. The maximum Gasteiger partial charge on any atom is 0.289 e. The molecule has 2 aromatic heterocycles. The van der Waals surface area contributed by atoms with Crippen LogP contribution in [0.5, 0.6) is 0 Å². The lowest BCUT2D eigenvalue weighted by Gasteiger charge is -2.34. The van der Waals surface area contributed by atoms with E-state index in [1.807, 2.05) is 48.3 Å². The number of para-hydroxylation sites is 2. The zero-order chi connectivity index (χ0) is 27.3. The quantitative estimate of drug-likeness (QED) is 0.253. The van der Waals surface area contributed by atoms with E-state index in [0.717, 1.165) is 35.1 Å². The number of piperidine rings is 1. The normalized spacial score (nSPS) is 15.7. The van der Waals surface area contributed by atoms with Gasteiger partial charge in [-0.25, -0.2) is 9.37 Å². The van der Waals surface area contributed by atoms with Crippen LogP contribution >= 0.6 is 12.8 Å². The number of imidazole rings is 1. The van der Waals surface area contributed by atoms with Crippen LogP contribution in [0.15, 0.2) is 65.1 Å². The van der Waals surface area contributed by atoms with Gasteiger partial charge in [-0.3, -0.25) is 9.59 Å². The van der Waals surface area contributed by atoms with E-state index < -0.39 is 11.7 Å². The molecule has 0 saturated carbocycles. The van der Waals surface area contributed by atoms with Crippen LogP contribution in [0.3, 0.4) is 0 Å². The molecule has 0 bridgehead atoms. The highest BCUT2D eigenvalue weighted by atomic mass is 32.1. The summed E-state index contributed by atoms with van der Waals surface area (Å²) in [5.74, 6) is -0.614. The number of likely N-dealkylation sites (tertiary alicyclic amines) is 1. The second kappa shape index (κ2) is 9.77. The number of aromatic amines is 1. The Hall–Kier alpha value is -4.31. The number of H-pyrrole nitrogens is 1. The van der Waals surface area contributed by atoms with E-state index in [9.17, 15) is 14.0 Å². The zero-order valence-corrected chi connectivity index (χ0v) is 22.0. The molecule has 3 heterocycles. The van der Waals surface area contributed by atoms with Crippen LogP contribution in [0.4, 0.5) is 10.1 Å². The van der Waals surface area contributed by atoms with Crippen molar-refractivity contribution in [3.8, 4) is 11.3 Å². The minimum Gasteiger partial charge on any atom is -0.455 e. The van der Waals surface area contributed by atoms with Gasteiger partial charge >= 0.3 is 0 Å².